The summed E-state index contributed by atoms with van der Waals surface area (Å²) in [6.07, 6.45) is 9.60. The van der Waals surface area contributed by atoms with E-state index in [1.165, 1.54) is 11.0 Å². The van der Waals surface area contributed by atoms with Crippen molar-refractivity contribution >= 4 is 29.0 Å². The van der Waals surface area contributed by atoms with Crippen molar-refractivity contribution in [2.45, 2.75) is 6.54 Å². The van der Waals surface area contributed by atoms with Gasteiger partial charge in [-0.15, -0.1) is 5.10 Å². The number of anilines is 1. The van der Waals surface area contributed by atoms with Gasteiger partial charge in [0.1, 0.15) is 0 Å². The predicted octanol–water partition coefficient (Wildman–Crippen LogP) is 1.91. The minimum Gasteiger partial charge on any atom is -0.303 e. The summed E-state index contributed by atoms with van der Waals surface area (Å²) >= 11 is 5.90. The van der Waals surface area contributed by atoms with Crippen LogP contribution in [0.3, 0.4) is 0 Å². The monoisotopic (exact) mass is 339 g/mol. The summed E-state index contributed by atoms with van der Waals surface area (Å²) in [5, 5.41) is 8.63. The van der Waals surface area contributed by atoms with Crippen molar-refractivity contribution in [3.05, 3.63) is 72.3 Å². The zero-order valence-corrected chi connectivity index (χ0v) is 13.3. The molecule has 1 saturated carbocycles. The van der Waals surface area contributed by atoms with Gasteiger partial charge in [-0.2, -0.15) is 0 Å². The van der Waals surface area contributed by atoms with Gasteiger partial charge in [-0.1, -0.05) is 16.8 Å². The molecule has 2 aliphatic rings. The average molecular weight is 340 g/mol. The molecule has 0 N–H and O–H groups in total. The van der Waals surface area contributed by atoms with Crippen molar-refractivity contribution in [3.8, 4) is 0 Å². The summed E-state index contributed by atoms with van der Waals surface area (Å²) in [6.45, 7) is 0.776. The second-order valence-corrected chi connectivity index (χ2v) is 5.92. The summed E-state index contributed by atoms with van der Waals surface area (Å²) < 4.78 is 1.66. The minimum atomic E-state index is -0.538. The zero-order valence-electron chi connectivity index (χ0n) is 12.5. The van der Waals surface area contributed by atoms with E-state index in [1.807, 2.05) is 31.9 Å². The van der Waals surface area contributed by atoms with Crippen LogP contribution in [0.2, 0.25) is 5.02 Å². The number of amides is 1. The van der Waals surface area contributed by atoms with Crippen LogP contribution in [0, 0.1) is 31.6 Å². The quantitative estimate of drug-likeness (QED) is 0.798. The highest BCUT2D eigenvalue weighted by Crippen LogP contribution is 2.31. The molecule has 2 aromatic rings. The van der Waals surface area contributed by atoms with E-state index in [0.29, 0.717) is 29.4 Å². The Labute approximate surface area is 144 Å². The molecule has 1 aliphatic carbocycles. The molecule has 1 fully saturated rings. The molecule has 0 spiro atoms. The first-order chi connectivity index (χ1) is 11.6. The fourth-order valence-electron chi connectivity index (χ4n) is 2.78. The Bertz CT molecular complexity index is 811. The molecule has 6 nitrogen and oxygen atoms in total. The maximum atomic E-state index is 12.2. The molecule has 0 saturated heterocycles. The number of hydrogen-bond donors (Lipinski definition) is 0. The Kier molecular flexibility index (Phi) is 3.84. The van der Waals surface area contributed by atoms with E-state index in [4.69, 9.17) is 11.6 Å². The summed E-state index contributed by atoms with van der Waals surface area (Å²) in [5.41, 5.74) is 1.71. The topological polar surface area (TPSA) is 68.1 Å². The Morgan fingerprint density at radius 3 is 2.67 bits per heavy atom. The third-order valence-corrected chi connectivity index (χ3v) is 4.22. The van der Waals surface area contributed by atoms with Crippen LogP contribution in [0.15, 0.2) is 24.4 Å². The Morgan fingerprint density at radius 2 is 1.88 bits per heavy atom. The highest BCUT2D eigenvalue weighted by atomic mass is 35.5. The molecule has 1 aromatic carbocycles. The molecule has 0 bridgehead atoms. The van der Waals surface area contributed by atoms with Gasteiger partial charge in [0.15, 0.2) is 0 Å². The number of rotatable bonds is 4. The minimum absolute atomic E-state index is 0.336. The SMILES string of the molecule is O=C1C(=O)N(CCn2cc([C]3[CH][CH][CH][CH]3)nn2)c2ccc(Cl)cc21. The first-order valence-corrected chi connectivity index (χ1v) is 7.79. The molecule has 5 radical (unpaired) electrons. The first-order valence-electron chi connectivity index (χ1n) is 7.41. The lowest BCUT2D eigenvalue weighted by atomic mass is 10.1. The van der Waals surface area contributed by atoms with Crippen molar-refractivity contribution < 1.29 is 9.59 Å². The van der Waals surface area contributed by atoms with Crippen LogP contribution in [-0.2, 0) is 11.3 Å². The number of hydrogen-bond acceptors (Lipinski definition) is 4. The van der Waals surface area contributed by atoms with E-state index >= 15 is 0 Å². The molecule has 2 heterocycles. The zero-order chi connectivity index (χ0) is 16.7. The number of nitrogens with zero attached hydrogens (tertiary/aromatic N) is 4. The summed E-state index contributed by atoms with van der Waals surface area (Å²) in [5.74, 6) is -0.0686. The first kappa shape index (κ1) is 15.3. The normalized spacial score (nSPS) is 17.8. The van der Waals surface area contributed by atoms with Crippen LogP contribution in [0.5, 0.6) is 0 Å². The maximum Gasteiger partial charge on any atom is 0.299 e. The average Bonchev–Trinajstić information content (AvgIpc) is 3.29. The van der Waals surface area contributed by atoms with Gasteiger partial charge in [0.2, 0.25) is 0 Å². The van der Waals surface area contributed by atoms with E-state index in [2.05, 4.69) is 10.3 Å². The van der Waals surface area contributed by atoms with Crippen LogP contribution in [0.4, 0.5) is 5.69 Å². The summed E-state index contributed by atoms with van der Waals surface area (Å²) in [4.78, 5) is 25.7. The Hall–Kier alpha value is -2.21. The van der Waals surface area contributed by atoms with Crippen LogP contribution in [-0.4, -0.2) is 33.2 Å². The lowest BCUT2D eigenvalue weighted by molar-refractivity contribution is -0.114. The maximum absolute atomic E-state index is 12.2. The van der Waals surface area contributed by atoms with Gasteiger partial charge >= 0.3 is 0 Å². The van der Waals surface area contributed by atoms with Gasteiger partial charge in [-0.3, -0.25) is 14.3 Å². The van der Waals surface area contributed by atoms with E-state index in [9.17, 15) is 9.59 Å². The molecule has 1 aliphatic heterocycles. The predicted molar refractivity (Wildman–Crippen MR) is 87.7 cm³/mol. The van der Waals surface area contributed by atoms with Crippen molar-refractivity contribution in [3.63, 3.8) is 0 Å². The number of benzene rings is 1. The highest BCUT2D eigenvalue weighted by molar-refractivity contribution is 6.52. The molecule has 24 heavy (non-hydrogen) atoms. The lowest BCUT2D eigenvalue weighted by Crippen LogP contribution is -2.32. The van der Waals surface area contributed by atoms with Crippen molar-refractivity contribution in [2.75, 3.05) is 11.4 Å². The Balaban J connectivity index is 1.48. The number of halogens is 1. The Morgan fingerprint density at radius 1 is 1.08 bits per heavy atom. The third-order valence-electron chi connectivity index (χ3n) is 3.98. The van der Waals surface area contributed by atoms with Gasteiger partial charge < -0.3 is 4.90 Å². The standard InChI is InChI=1S/C17H12ClN4O2/c18-12-5-6-15-13(9-12)16(23)17(24)22(15)8-7-21-10-14(19-20-21)11-3-1-2-4-11/h1-6,9-10H,7-8H2. The molecule has 4 rings (SSSR count). The fourth-order valence-corrected chi connectivity index (χ4v) is 2.95. The number of fused-ring (bicyclic) bond motifs is 1. The number of carbonyl (C=O) groups excluding carboxylic acids is 2. The van der Waals surface area contributed by atoms with Crippen LogP contribution < -0.4 is 4.90 Å². The molecular weight excluding hydrogens is 328 g/mol. The van der Waals surface area contributed by atoms with Crippen molar-refractivity contribution in [2.24, 2.45) is 0 Å². The molecule has 1 amide bonds. The van der Waals surface area contributed by atoms with Crippen molar-refractivity contribution in [1.82, 2.24) is 15.0 Å². The number of Topliss-reactive ketones (excluding diaryl/α,β-unsaturated/α-hetero) is 1. The highest BCUT2D eigenvalue weighted by Gasteiger charge is 2.35. The van der Waals surface area contributed by atoms with Gasteiger partial charge in [-0.05, 0) is 43.9 Å². The van der Waals surface area contributed by atoms with Crippen LogP contribution >= 0.6 is 11.6 Å². The largest absolute Gasteiger partial charge is 0.303 e. The van der Waals surface area contributed by atoms with E-state index < -0.39 is 11.7 Å². The lowest BCUT2D eigenvalue weighted by Gasteiger charge is -2.16. The molecular formula is C17H12ClN4O2. The number of aromatic nitrogens is 3. The number of carbonyl (C=O) groups is 2. The number of ketones is 1. The molecule has 119 valence electrons. The van der Waals surface area contributed by atoms with Crippen molar-refractivity contribution in [1.29, 1.82) is 0 Å². The molecule has 1 aromatic heterocycles. The van der Waals surface area contributed by atoms with Gasteiger partial charge in [-0.25, -0.2) is 0 Å². The summed E-state index contributed by atoms with van der Waals surface area (Å²) in [6, 6.07) is 4.89. The van der Waals surface area contributed by atoms with E-state index in [1.54, 1.807) is 16.8 Å². The fraction of sp³-hybridized carbons (Fsp3) is 0.118. The molecule has 7 heteroatoms. The smallest absolute Gasteiger partial charge is 0.299 e. The van der Waals surface area contributed by atoms with Crippen LogP contribution in [0.25, 0.3) is 0 Å². The van der Waals surface area contributed by atoms with Gasteiger partial charge in [0, 0.05) is 23.7 Å². The van der Waals surface area contributed by atoms with E-state index in [0.717, 1.165) is 11.6 Å². The molecule has 0 unspecified atom stereocenters. The van der Waals surface area contributed by atoms with Crippen LogP contribution in [0.1, 0.15) is 16.1 Å². The third kappa shape index (κ3) is 2.60. The van der Waals surface area contributed by atoms with Gasteiger partial charge in [0.05, 0.1) is 23.5 Å². The summed E-state index contributed by atoms with van der Waals surface area (Å²) in [7, 11) is 0. The second-order valence-electron chi connectivity index (χ2n) is 5.49. The van der Waals surface area contributed by atoms with Gasteiger partial charge in [0.25, 0.3) is 11.7 Å². The molecule has 0 atom stereocenters. The van der Waals surface area contributed by atoms with E-state index in [-0.39, 0.29) is 0 Å². The second kappa shape index (κ2) is 6.02.